The lowest BCUT2D eigenvalue weighted by Gasteiger charge is -2.23. The molecule has 0 aliphatic carbocycles. The van der Waals surface area contributed by atoms with Crippen molar-refractivity contribution in [2.75, 3.05) is 6.54 Å². The third kappa shape index (κ3) is 4.49. The maximum Gasteiger partial charge on any atom is 0.254 e. The Morgan fingerprint density at radius 3 is 2.75 bits per heavy atom. The van der Waals surface area contributed by atoms with E-state index < -0.39 is 0 Å². The first-order valence-electron chi connectivity index (χ1n) is 5.44. The highest BCUT2D eigenvalue weighted by atomic mass is 16.3. The Bertz CT molecular complexity index is 325. The Kier molecular flexibility index (Phi) is 4.12. The standard InChI is InChI=1S/C12H20N2O2/c1-12(2,3)6-10(13)7-14-11(15)9-4-5-16-8-9/h4-5,8,10H,6-7,13H2,1-3H3,(H,14,15). The maximum absolute atomic E-state index is 11.5. The van der Waals surface area contributed by atoms with Crippen molar-refractivity contribution in [1.82, 2.24) is 5.32 Å². The smallest absolute Gasteiger partial charge is 0.254 e. The minimum atomic E-state index is -0.141. The second-order valence-electron chi connectivity index (χ2n) is 5.25. The summed E-state index contributed by atoms with van der Waals surface area (Å²) in [6, 6.07) is 1.61. The molecule has 0 aliphatic heterocycles. The highest BCUT2D eigenvalue weighted by Gasteiger charge is 2.16. The topological polar surface area (TPSA) is 68.3 Å². The Balaban J connectivity index is 2.32. The van der Waals surface area contributed by atoms with Crippen molar-refractivity contribution in [1.29, 1.82) is 0 Å². The lowest BCUT2D eigenvalue weighted by atomic mass is 9.88. The average molecular weight is 224 g/mol. The molecule has 0 spiro atoms. The Hall–Kier alpha value is -1.29. The summed E-state index contributed by atoms with van der Waals surface area (Å²) >= 11 is 0. The molecule has 0 saturated carbocycles. The van der Waals surface area contributed by atoms with E-state index >= 15 is 0 Å². The number of carbonyl (C=O) groups excluding carboxylic acids is 1. The summed E-state index contributed by atoms with van der Waals surface area (Å²) in [6.07, 6.45) is 3.77. The van der Waals surface area contributed by atoms with Crippen molar-refractivity contribution in [3.63, 3.8) is 0 Å². The van der Waals surface area contributed by atoms with Crippen molar-refractivity contribution in [3.05, 3.63) is 24.2 Å². The van der Waals surface area contributed by atoms with Crippen LogP contribution in [0.3, 0.4) is 0 Å². The maximum atomic E-state index is 11.5. The molecule has 1 unspecified atom stereocenters. The molecule has 1 rings (SSSR count). The molecule has 0 saturated heterocycles. The second-order valence-corrected chi connectivity index (χ2v) is 5.25. The molecule has 1 aromatic heterocycles. The van der Waals surface area contributed by atoms with Crippen LogP contribution < -0.4 is 11.1 Å². The van der Waals surface area contributed by atoms with Crippen LogP contribution >= 0.6 is 0 Å². The summed E-state index contributed by atoms with van der Waals surface area (Å²) in [5.41, 5.74) is 6.63. The van der Waals surface area contributed by atoms with Crippen LogP contribution in [-0.2, 0) is 0 Å². The molecule has 1 atom stereocenters. The summed E-state index contributed by atoms with van der Waals surface area (Å²) < 4.78 is 4.83. The second kappa shape index (κ2) is 5.16. The van der Waals surface area contributed by atoms with Crippen molar-refractivity contribution in [3.8, 4) is 0 Å². The molecule has 4 heteroatoms. The molecule has 0 bridgehead atoms. The zero-order chi connectivity index (χ0) is 12.2. The van der Waals surface area contributed by atoms with Crippen molar-refractivity contribution in [2.45, 2.75) is 33.2 Å². The van der Waals surface area contributed by atoms with Gasteiger partial charge < -0.3 is 15.5 Å². The fraction of sp³-hybridized carbons (Fsp3) is 0.583. The van der Waals surface area contributed by atoms with E-state index in [4.69, 9.17) is 10.2 Å². The summed E-state index contributed by atoms with van der Waals surface area (Å²) in [5.74, 6) is -0.141. The predicted molar refractivity (Wildman–Crippen MR) is 63.1 cm³/mol. The summed E-state index contributed by atoms with van der Waals surface area (Å²) in [5, 5.41) is 2.78. The van der Waals surface area contributed by atoms with E-state index in [2.05, 4.69) is 26.1 Å². The highest BCUT2D eigenvalue weighted by Crippen LogP contribution is 2.19. The van der Waals surface area contributed by atoms with Gasteiger partial charge in [0.1, 0.15) is 6.26 Å². The SMILES string of the molecule is CC(C)(C)CC(N)CNC(=O)c1ccoc1. The van der Waals surface area contributed by atoms with Gasteiger partial charge in [-0.15, -0.1) is 0 Å². The lowest BCUT2D eigenvalue weighted by Crippen LogP contribution is -2.39. The molecule has 90 valence electrons. The molecular weight excluding hydrogens is 204 g/mol. The van der Waals surface area contributed by atoms with Gasteiger partial charge in [0.25, 0.3) is 5.91 Å². The van der Waals surface area contributed by atoms with Crippen LogP contribution in [0.5, 0.6) is 0 Å². The van der Waals surface area contributed by atoms with Gasteiger partial charge in [0.2, 0.25) is 0 Å². The Morgan fingerprint density at radius 1 is 1.56 bits per heavy atom. The average Bonchev–Trinajstić information content (AvgIpc) is 2.64. The van der Waals surface area contributed by atoms with E-state index in [1.54, 1.807) is 6.07 Å². The number of hydrogen-bond acceptors (Lipinski definition) is 3. The van der Waals surface area contributed by atoms with Gasteiger partial charge in [-0.3, -0.25) is 4.79 Å². The van der Waals surface area contributed by atoms with E-state index in [1.807, 2.05) is 0 Å². The molecule has 1 aromatic rings. The van der Waals surface area contributed by atoms with Crippen LogP contribution in [0.2, 0.25) is 0 Å². The van der Waals surface area contributed by atoms with Crippen LogP contribution in [0.1, 0.15) is 37.6 Å². The van der Waals surface area contributed by atoms with Gasteiger partial charge >= 0.3 is 0 Å². The van der Waals surface area contributed by atoms with E-state index in [-0.39, 0.29) is 17.4 Å². The fourth-order valence-corrected chi connectivity index (χ4v) is 1.58. The van der Waals surface area contributed by atoms with Crippen LogP contribution in [0.25, 0.3) is 0 Å². The minimum absolute atomic E-state index is 0.0177. The predicted octanol–water partition coefficient (Wildman–Crippen LogP) is 1.77. The molecule has 1 amide bonds. The number of furan rings is 1. The third-order valence-corrected chi connectivity index (χ3v) is 2.18. The van der Waals surface area contributed by atoms with Gasteiger partial charge in [0, 0.05) is 12.6 Å². The molecule has 0 fully saturated rings. The quantitative estimate of drug-likeness (QED) is 0.819. The van der Waals surface area contributed by atoms with Crippen molar-refractivity contribution < 1.29 is 9.21 Å². The number of nitrogens with one attached hydrogen (secondary N) is 1. The molecular formula is C12H20N2O2. The monoisotopic (exact) mass is 224 g/mol. The van der Waals surface area contributed by atoms with Crippen LogP contribution in [0.4, 0.5) is 0 Å². The van der Waals surface area contributed by atoms with Gasteiger partial charge in [-0.05, 0) is 17.9 Å². The number of rotatable bonds is 4. The lowest BCUT2D eigenvalue weighted by molar-refractivity contribution is 0.0948. The Morgan fingerprint density at radius 2 is 2.25 bits per heavy atom. The summed E-state index contributed by atoms with van der Waals surface area (Å²) in [7, 11) is 0. The van der Waals surface area contributed by atoms with Gasteiger partial charge in [0.05, 0.1) is 11.8 Å². The largest absolute Gasteiger partial charge is 0.472 e. The van der Waals surface area contributed by atoms with E-state index in [0.29, 0.717) is 12.1 Å². The van der Waals surface area contributed by atoms with Gasteiger partial charge in [-0.1, -0.05) is 20.8 Å². The molecule has 0 radical (unpaired) electrons. The zero-order valence-corrected chi connectivity index (χ0v) is 10.1. The number of nitrogens with two attached hydrogens (primary N) is 1. The van der Waals surface area contributed by atoms with Crippen molar-refractivity contribution >= 4 is 5.91 Å². The van der Waals surface area contributed by atoms with Crippen LogP contribution in [0, 0.1) is 5.41 Å². The molecule has 0 aliphatic rings. The third-order valence-electron chi connectivity index (χ3n) is 2.18. The normalized spacial score (nSPS) is 13.5. The molecule has 3 N–H and O–H groups in total. The van der Waals surface area contributed by atoms with Crippen LogP contribution in [-0.4, -0.2) is 18.5 Å². The van der Waals surface area contributed by atoms with Crippen molar-refractivity contribution in [2.24, 2.45) is 11.1 Å². The van der Waals surface area contributed by atoms with Crippen LogP contribution in [0.15, 0.2) is 23.0 Å². The van der Waals surface area contributed by atoms with E-state index in [9.17, 15) is 4.79 Å². The zero-order valence-electron chi connectivity index (χ0n) is 10.1. The Labute approximate surface area is 96.2 Å². The first-order valence-corrected chi connectivity index (χ1v) is 5.44. The number of amides is 1. The van der Waals surface area contributed by atoms with E-state index in [1.165, 1.54) is 12.5 Å². The van der Waals surface area contributed by atoms with E-state index in [0.717, 1.165) is 6.42 Å². The molecule has 16 heavy (non-hydrogen) atoms. The summed E-state index contributed by atoms with van der Waals surface area (Å²) in [6.45, 7) is 6.88. The molecule has 1 heterocycles. The molecule has 0 aromatic carbocycles. The molecule has 4 nitrogen and oxygen atoms in total. The highest BCUT2D eigenvalue weighted by molar-refractivity contribution is 5.93. The fourth-order valence-electron chi connectivity index (χ4n) is 1.58. The minimum Gasteiger partial charge on any atom is -0.472 e. The first kappa shape index (κ1) is 12.8. The van der Waals surface area contributed by atoms with Gasteiger partial charge in [-0.2, -0.15) is 0 Å². The summed E-state index contributed by atoms with van der Waals surface area (Å²) in [4.78, 5) is 11.5. The first-order chi connectivity index (χ1) is 7.38. The van der Waals surface area contributed by atoms with Gasteiger partial charge in [0.15, 0.2) is 0 Å². The number of carbonyl (C=O) groups is 1. The van der Waals surface area contributed by atoms with Gasteiger partial charge in [-0.25, -0.2) is 0 Å². The number of hydrogen-bond donors (Lipinski definition) is 2.